The fraction of sp³-hybridized carbons (Fsp3) is 0.667. The number of ether oxygens (including phenoxy) is 1. The molecule has 0 bridgehead atoms. The van der Waals surface area contributed by atoms with E-state index < -0.39 is 24.3 Å². The lowest BCUT2D eigenvalue weighted by atomic mass is 10.2. The minimum Gasteiger partial charge on any atom is -0.476 e. The molecule has 0 spiro atoms. The number of nitrogens with two attached hydrogens (primary N) is 1. The van der Waals surface area contributed by atoms with Crippen molar-refractivity contribution >= 4 is 11.9 Å². The van der Waals surface area contributed by atoms with E-state index >= 15 is 0 Å². The third-order valence-corrected chi connectivity index (χ3v) is 1.26. The predicted octanol–water partition coefficient (Wildman–Crippen LogP) is -1.33. The molecule has 0 aromatic carbocycles. The van der Waals surface area contributed by atoms with E-state index in [1.54, 1.807) is 0 Å². The lowest BCUT2D eigenvalue weighted by Gasteiger charge is -2.20. The molecule has 0 heterocycles. The zero-order valence-electron chi connectivity index (χ0n) is 6.61. The Balaban J connectivity index is 4.34. The zero-order valence-corrected chi connectivity index (χ0v) is 6.61. The van der Waals surface area contributed by atoms with Crippen LogP contribution in [-0.2, 0) is 14.3 Å². The Morgan fingerprint density at radius 3 is 2.33 bits per heavy atom. The Morgan fingerprint density at radius 2 is 2.08 bits per heavy atom. The number of aliphatic hydroxyl groups is 1. The van der Waals surface area contributed by atoms with E-state index in [4.69, 9.17) is 15.9 Å². The van der Waals surface area contributed by atoms with Crippen LogP contribution in [-0.4, -0.2) is 34.5 Å². The number of esters is 1. The summed E-state index contributed by atoms with van der Waals surface area (Å²) in [5, 5.41) is 17.5. The summed E-state index contributed by atoms with van der Waals surface area (Å²) < 4.78 is 4.19. The van der Waals surface area contributed by atoms with E-state index in [2.05, 4.69) is 4.74 Å². The number of carboxylic acid groups (broad SMARTS) is 1. The Labute approximate surface area is 68.9 Å². The van der Waals surface area contributed by atoms with Crippen LogP contribution in [0.3, 0.4) is 0 Å². The predicted molar refractivity (Wildman–Crippen MR) is 38.0 cm³/mol. The summed E-state index contributed by atoms with van der Waals surface area (Å²) in [5.74, 6) is -5.01. The highest BCUT2D eigenvalue weighted by atomic mass is 16.7. The maximum Gasteiger partial charge on any atom is 0.377 e. The van der Waals surface area contributed by atoms with E-state index in [1.165, 1.54) is 6.92 Å². The number of carbonyl (C=O) groups is 2. The van der Waals surface area contributed by atoms with Gasteiger partial charge in [-0.15, -0.1) is 0 Å². The monoisotopic (exact) mass is 177 g/mol. The summed E-state index contributed by atoms with van der Waals surface area (Å²) >= 11 is 0. The Bertz CT molecular complexity index is 192. The number of carbonyl (C=O) groups excluding carboxylic acids is 1. The maximum atomic E-state index is 10.5. The third-order valence-electron chi connectivity index (χ3n) is 1.26. The average Bonchev–Trinajstić information content (AvgIpc) is 2.03. The summed E-state index contributed by atoms with van der Waals surface area (Å²) in [6, 6.07) is 0. The molecular formula is C6H11NO5. The third kappa shape index (κ3) is 2.48. The smallest absolute Gasteiger partial charge is 0.377 e. The minimum atomic E-state index is -2.45. The Kier molecular flexibility index (Phi) is 3.65. The normalized spacial score (nSPS) is 14.9. The number of carboxylic acids is 1. The van der Waals surface area contributed by atoms with Crippen molar-refractivity contribution in [3.8, 4) is 0 Å². The van der Waals surface area contributed by atoms with E-state index in [1.807, 2.05) is 0 Å². The molecule has 0 amide bonds. The second-order valence-corrected chi connectivity index (χ2v) is 2.12. The van der Waals surface area contributed by atoms with Crippen molar-refractivity contribution in [3.05, 3.63) is 0 Å². The van der Waals surface area contributed by atoms with Crippen molar-refractivity contribution < 1.29 is 24.5 Å². The van der Waals surface area contributed by atoms with Crippen molar-refractivity contribution in [2.24, 2.45) is 5.73 Å². The lowest BCUT2D eigenvalue weighted by molar-refractivity contribution is -0.223. The maximum absolute atomic E-state index is 10.5. The molecule has 1 atom stereocenters. The summed E-state index contributed by atoms with van der Waals surface area (Å²) in [7, 11) is 0. The van der Waals surface area contributed by atoms with Crippen LogP contribution >= 0.6 is 0 Å². The summed E-state index contributed by atoms with van der Waals surface area (Å²) in [4.78, 5) is 20.9. The molecule has 0 aliphatic rings. The first-order chi connectivity index (χ1) is 5.46. The minimum absolute atomic E-state index is 0.228. The van der Waals surface area contributed by atoms with Crippen molar-refractivity contribution in [1.29, 1.82) is 0 Å². The standard InChI is InChI=1S/C6H11NO5/c1-2-6(11,5(9)10)12-4(8)3-7/h11H,2-3,7H2,1H3,(H,9,10). The lowest BCUT2D eigenvalue weighted by Crippen LogP contribution is -2.43. The SMILES string of the molecule is CCC(O)(OC(=O)CN)C(=O)O. The molecule has 0 saturated carbocycles. The molecule has 70 valence electrons. The highest BCUT2D eigenvalue weighted by Crippen LogP contribution is 2.11. The van der Waals surface area contributed by atoms with Gasteiger partial charge in [0.05, 0.1) is 6.54 Å². The van der Waals surface area contributed by atoms with Crippen LogP contribution in [0.25, 0.3) is 0 Å². The molecule has 0 rings (SSSR count). The van der Waals surface area contributed by atoms with Gasteiger partial charge in [-0.05, 0) is 0 Å². The van der Waals surface area contributed by atoms with Gasteiger partial charge in [-0.25, -0.2) is 4.79 Å². The van der Waals surface area contributed by atoms with E-state index in [0.29, 0.717) is 0 Å². The quantitative estimate of drug-likeness (QED) is 0.362. The van der Waals surface area contributed by atoms with Crippen molar-refractivity contribution in [1.82, 2.24) is 0 Å². The van der Waals surface area contributed by atoms with Crippen molar-refractivity contribution in [3.63, 3.8) is 0 Å². The molecule has 12 heavy (non-hydrogen) atoms. The molecule has 6 heteroatoms. The van der Waals surface area contributed by atoms with Crippen LogP contribution in [0.15, 0.2) is 0 Å². The van der Waals surface area contributed by atoms with Gasteiger partial charge < -0.3 is 20.7 Å². The number of aliphatic carboxylic acids is 1. The van der Waals surface area contributed by atoms with Gasteiger partial charge in [-0.2, -0.15) is 0 Å². The van der Waals surface area contributed by atoms with Crippen LogP contribution in [0.5, 0.6) is 0 Å². The number of hydrogen-bond acceptors (Lipinski definition) is 5. The topological polar surface area (TPSA) is 110 Å². The first-order valence-electron chi connectivity index (χ1n) is 3.34. The van der Waals surface area contributed by atoms with E-state index in [-0.39, 0.29) is 6.42 Å². The van der Waals surface area contributed by atoms with E-state index in [9.17, 15) is 9.59 Å². The van der Waals surface area contributed by atoms with Gasteiger partial charge in [0.15, 0.2) is 0 Å². The first kappa shape index (κ1) is 10.9. The summed E-state index contributed by atoms with van der Waals surface area (Å²) in [6.45, 7) is 0.910. The van der Waals surface area contributed by atoms with Gasteiger partial charge in [-0.1, -0.05) is 6.92 Å². The molecule has 0 aliphatic heterocycles. The highest BCUT2D eigenvalue weighted by molar-refractivity contribution is 5.80. The van der Waals surface area contributed by atoms with Crippen LogP contribution < -0.4 is 5.73 Å². The molecule has 0 fully saturated rings. The summed E-state index contributed by atoms with van der Waals surface area (Å²) in [5.41, 5.74) is 4.86. The van der Waals surface area contributed by atoms with Gasteiger partial charge >= 0.3 is 17.7 Å². The fourth-order valence-corrected chi connectivity index (χ4v) is 0.497. The molecule has 0 aromatic heterocycles. The Morgan fingerprint density at radius 1 is 1.58 bits per heavy atom. The van der Waals surface area contributed by atoms with Gasteiger partial charge in [-0.3, -0.25) is 4.79 Å². The second-order valence-electron chi connectivity index (χ2n) is 2.12. The molecule has 0 aromatic rings. The molecule has 4 N–H and O–H groups in total. The van der Waals surface area contributed by atoms with Gasteiger partial charge in [0.2, 0.25) is 0 Å². The molecule has 0 aliphatic carbocycles. The number of rotatable bonds is 4. The van der Waals surface area contributed by atoms with E-state index in [0.717, 1.165) is 0 Å². The molecule has 0 radical (unpaired) electrons. The molecule has 6 nitrogen and oxygen atoms in total. The van der Waals surface area contributed by atoms with Crippen LogP contribution in [0.4, 0.5) is 0 Å². The van der Waals surface area contributed by atoms with Gasteiger partial charge in [0.25, 0.3) is 0 Å². The molecular weight excluding hydrogens is 166 g/mol. The van der Waals surface area contributed by atoms with Crippen molar-refractivity contribution in [2.45, 2.75) is 19.1 Å². The summed E-state index contributed by atoms with van der Waals surface area (Å²) in [6.07, 6.45) is -0.228. The average molecular weight is 177 g/mol. The van der Waals surface area contributed by atoms with Crippen LogP contribution in [0, 0.1) is 0 Å². The molecule has 1 unspecified atom stereocenters. The van der Waals surface area contributed by atoms with Gasteiger partial charge in [0, 0.05) is 6.42 Å². The zero-order chi connectivity index (χ0) is 9.78. The van der Waals surface area contributed by atoms with Crippen LogP contribution in [0.2, 0.25) is 0 Å². The largest absolute Gasteiger partial charge is 0.476 e. The fourth-order valence-electron chi connectivity index (χ4n) is 0.497. The Hall–Kier alpha value is -1.14. The first-order valence-corrected chi connectivity index (χ1v) is 3.34. The highest BCUT2D eigenvalue weighted by Gasteiger charge is 2.38. The second kappa shape index (κ2) is 4.03. The van der Waals surface area contributed by atoms with Crippen molar-refractivity contribution in [2.75, 3.05) is 6.54 Å². The van der Waals surface area contributed by atoms with Crippen LogP contribution in [0.1, 0.15) is 13.3 Å². The number of hydrogen-bond donors (Lipinski definition) is 3. The van der Waals surface area contributed by atoms with Gasteiger partial charge in [0.1, 0.15) is 0 Å². The molecule has 0 saturated heterocycles.